The number of benzene rings is 1. The van der Waals surface area contributed by atoms with Gasteiger partial charge in [0.15, 0.2) is 11.6 Å². The Kier molecular flexibility index (Phi) is 4.14. The Morgan fingerprint density at radius 1 is 1.27 bits per heavy atom. The molecule has 1 aromatic carbocycles. The van der Waals surface area contributed by atoms with Crippen molar-refractivity contribution in [2.45, 2.75) is 32.7 Å². The third-order valence-electron chi connectivity index (χ3n) is 3.49. The van der Waals surface area contributed by atoms with Gasteiger partial charge in [-0.2, -0.15) is 0 Å². The van der Waals surface area contributed by atoms with E-state index >= 15 is 0 Å². The molecule has 22 heavy (non-hydrogen) atoms. The number of rotatable bonds is 4. The number of phenolic OH excluding ortho intramolecular Hbond substituents is 1. The fourth-order valence-electron chi connectivity index (χ4n) is 2.44. The summed E-state index contributed by atoms with van der Waals surface area (Å²) >= 11 is 0. The molecule has 0 atom stereocenters. The molecule has 0 spiro atoms. The number of carbonyl (C=O) groups excluding carboxylic acids is 2. The van der Waals surface area contributed by atoms with E-state index in [4.69, 9.17) is 0 Å². The molecule has 2 rings (SSSR count). The van der Waals surface area contributed by atoms with Gasteiger partial charge >= 0.3 is 0 Å². The van der Waals surface area contributed by atoms with Gasteiger partial charge in [-0.05, 0) is 11.5 Å². The second-order valence-electron chi connectivity index (χ2n) is 6.11. The summed E-state index contributed by atoms with van der Waals surface area (Å²) in [6.45, 7) is 3.71. The summed E-state index contributed by atoms with van der Waals surface area (Å²) in [4.78, 5) is 33.9. The number of nitro groups is 1. The number of ketones is 2. The fourth-order valence-corrected chi connectivity index (χ4v) is 2.44. The van der Waals surface area contributed by atoms with Crippen molar-refractivity contribution in [2.75, 3.05) is 5.43 Å². The number of carbonyl (C=O) groups is 2. The van der Waals surface area contributed by atoms with Crippen LogP contribution in [0.2, 0.25) is 0 Å². The minimum Gasteiger partial charge on any atom is -0.505 e. The Morgan fingerprint density at radius 2 is 1.86 bits per heavy atom. The highest BCUT2D eigenvalue weighted by Gasteiger charge is 2.39. The maximum absolute atomic E-state index is 12.0. The largest absolute Gasteiger partial charge is 0.505 e. The Hall–Kier alpha value is -2.48. The van der Waals surface area contributed by atoms with Crippen LogP contribution in [0.25, 0.3) is 0 Å². The van der Waals surface area contributed by atoms with E-state index in [0.717, 1.165) is 6.07 Å². The number of hydrazine groups is 1. The van der Waals surface area contributed by atoms with E-state index in [2.05, 4.69) is 10.9 Å². The lowest BCUT2D eigenvalue weighted by atomic mass is 9.74. The predicted octanol–water partition coefficient (Wildman–Crippen LogP) is 1.54. The van der Waals surface area contributed by atoms with Crippen molar-refractivity contribution < 1.29 is 19.6 Å². The summed E-state index contributed by atoms with van der Waals surface area (Å²) in [6, 6.07) is 2.50. The van der Waals surface area contributed by atoms with Gasteiger partial charge in [-0.3, -0.25) is 19.7 Å². The van der Waals surface area contributed by atoms with Gasteiger partial charge in [0.25, 0.3) is 5.69 Å². The summed E-state index contributed by atoms with van der Waals surface area (Å²) in [7, 11) is 0. The topological polar surface area (TPSA) is 122 Å². The Labute approximate surface area is 126 Å². The summed E-state index contributed by atoms with van der Waals surface area (Å²) in [5, 5.41) is 20.3. The molecular weight excluding hydrogens is 290 g/mol. The molecule has 0 amide bonds. The number of nitro benzene ring substituents is 1. The fraction of sp³-hybridized carbons (Fsp3) is 0.429. The molecule has 1 fully saturated rings. The lowest BCUT2D eigenvalue weighted by molar-refractivity contribution is -0.384. The van der Waals surface area contributed by atoms with E-state index in [9.17, 15) is 24.8 Å². The average molecular weight is 307 g/mol. The first kappa shape index (κ1) is 15.9. The zero-order valence-corrected chi connectivity index (χ0v) is 12.3. The predicted molar refractivity (Wildman–Crippen MR) is 78.3 cm³/mol. The van der Waals surface area contributed by atoms with Gasteiger partial charge < -0.3 is 10.5 Å². The molecule has 1 aliphatic rings. The highest BCUT2D eigenvalue weighted by Crippen LogP contribution is 2.32. The van der Waals surface area contributed by atoms with Crippen molar-refractivity contribution >= 4 is 22.9 Å². The summed E-state index contributed by atoms with van der Waals surface area (Å²) < 4.78 is 0. The van der Waals surface area contributed by atoms with Crippen molar-refractivity contribution in [1.29, 1.82) is 0 Å². The molecular formula is C14H17N3O5. The molecule has 0 aromatic heterocycles. The molecule has 8 nitrogen and oxygen atoms in total. The molecule has 0 unspecified atom stereocenters. The van der Waals surface area contributed by atoms with Crippen LogP contribution in [0.4, 0.5) is 11.4 Å². The van der Waals surface area contributed by atoms with E-state index in [0.29, 0.717) is 0 Å². The van der Waals surface area contributed by atoms with E-state index in [1.165, 1.54) is 12.1 Å². The zero-order valence-electron chi connectivity index (χ0n) is 12.3. The quantitative estimate of drug-likeness (QED) is 0.334. The molecule has 118 valence electrons. The number of aromatic hydroxyl groups is 1. The first-order valence-corrected chi connectivity index (χ1v) is 6.74. The van der Waals surface area contributed by atoms with E-state index < -0.39 is 11.0 Å². The molecule has 0 bridgehead atoms. The summed E-state index contributed by atoms with van der Waals surface area (Å²) in [5.41, 5.74) is 4.71. The van der Waals surface area contributed by atoms with Gasteiger partial charge in [-0.1, -0.05) is 13.8 Å². The second kappa shape index (κ2) is 5.72. The number of phenols is 1. The minimum atomic E-state index is -0.984. The minimum absolute atomic E-state index is 0.149. The molecule has 3 N–H and O–H groups in total. The highest BCUT2D eigenvalue weighted by molar-refractivity contribution is 6.09. The third kappa shape index (κ3) is 3.40. The maximum Gasteiger partial charge on any atom is 0.273 e. The number of anilines is 1. The van der Waals surface area contributed by atoms with E-state index in [1.807, 2.05) is 13.8 Å². The standard InChI is InChI=1S/C14H17N3O5/c1-14(2)6-11(19)13(12(20)7-14)16-15-9-4-3-8(17(21)22)5-10(9)18/h3-5,13,15-16,18H,6-7H2,1-2H3. The van der Waals surface area contributed by atoms with Crippen LogP contribution in [0.3, 0.4) is 0 Å². The third-order valence-corrected chi connectivity index (χ3v) is 3.49. The Bertz CT molecular complexity index is 621. The molecule has 1 saturated carbocycles. The number of hydrogen-bond acceptors (Lipinski definition) is 7. The van der Waals surface area contributed by atoms with Crippen LogP contribution in [0.15, 0.2) is 18.2 Å². The lowest BCUT2D eigenvalue weighted by Crippen LogP contribution is -2.51. The van der Waals surface area contributed by atoms with E-state index in [-0.39, 0.29) is 46.9 Å². The van der Waals surface area contributed by atoms with Gasteiger partial charge in [-0.15, -0.1) is 0 Å². The molecule has 0 aliphatic heterocycles. The molecule has 1 aliphatic carbocycles. The normalized spacial score (nSPS) is 18.3. The number of hydrogen-bond donors (Lipinski definition) is 3. The maximum atomic E-state index is 12.0. The van der Waals surface area contributed by atoms with Crippen molar-refractivity contribution in [3.8, 4) is 5.75 Å². The van der Waals surface area contributed by atoms with Gasteiger partial charge in [0.2, 0.25) is 0 Å². The van der Waals surface area contributed by atoms with Gasteiger partial charge in [-0.25, -0.2) is 5.43 Å². The van der Waals surface area contributed by atoms with Crippen molar-refractivity contribution in [3.05, 3.63) is 28.3 Å². The van der Waals surface area contributed by atoms with Crippen LogP contribution in [0.1, 0.15) is 26.7 Å². The van der Waals surface area contributed by atoms with Crippen LogP contribution in [0.5, 0.6) is 5.75 Å². The van der Waals surface area contributed by atoms with E-state index in [1.54, 1.807) is 0 Å². The molecule has 0 radical (unpaired) electrons. The number of nitrogens with zero attached hydrogens (tertiary/aromatic N) is 1. The van der Waals surface area contributed by atoms with Crippen molar-refractivity contribution in [3.63, 3.8) is 0 Å². The van der Waals surface area contributed by atoms with Gasteiger partial charge in [0.05, 0.1) is 16.7 Å². The van der Waals surface area contributed by atoms with Crippen LogP contribution in [0, 0.1) is 15.5 Å². The average Bonchev–Trinajstić information content (AvgIpc) is 2.37. The van der Waals surface area contributed by atoms with Gasteiger partial charge in [0, 0.05) is 18.9 Å². The monoisotopic (exact) mass is 307 g/mol. The second-order valence-corrected chi connectivity index (χ2v) is 6.11. The summed E-state index contributed by atoms with van der Waals surface area (Å²) in [6.07, 6.45) is 0.564. The summed E-state index contributed by atoms with van der Waals surface area (Å²) in [5.74, 6) is -0.803. The lowest BCUT2D eigenvalue weighted by Gasteiger charge is -2.32. The first-order chi connectivity index (χ1) is 10.2. The zero-order chi connectivity index (χ0) is 16.5. The van der Waals surface area contributed by atoms with Crippen LogP contribution in [-0.2, 0) is 9.59 Å². The van der Waals surface area contributed by atoms with Crippen molar-refractivity contribution in [1.82, 2.24) is 5.43 Å². The van der Waals surface area contributed by atoms with Crippen LogP contribution in [-0.4, -0.2) is 27.6 Å². The highest BCUT2D eigenvalue weighted by atomic mass is 16.6. The smallest absolute Gasteiger partial charge is 0.273 e. The molecule has 0 saturated heterocycles. The Morgan fingerprint density at radius 3 is 2.36 bits per heavy atom. The van der Waals surface area contributed by atoms with Crippen LogP contribution >= 0.6 is 0 Å². The number of Topliss-reactive ketones (excluding diaryl/α,β-unsaturated/α-hetero) is 2. The van der Waals surface area contributed by atoms with Crippen molar-refractivity contribution in [2.24, 2.45) is 5.41 Å². The number of non-ortho nitro benzene ring substituents is 1. The molecule has 8 heteroatoms. The SMILES string of the molecule is CC1(C)CC(=O)C(NNc2ccc([N+](=O)[O-])cc2O)C(=O)C1. The Balaban J connectivity index is 2.06. The van der Waals surface area contributed by atoms with Gasteiger partial charge in [0.1, 0.15) is 11.8 Å². The molecule has 0 heterocycles. The first-order valence-electron chi connectivity index (χ1n) is 6.74. The molecule has 1 aromatic rings. The van der Waals surface area contributed by atoms with Crippen LogP contribution < -0.4 is 10.9 Å². The number of nitrogens with one attached hydrogen (secondary N) is 2.